The van der Waals surface area contributed by atoms with Crippen molar-refractivity contribution in [2.24, 2.45) is 0 Å². The third-order valence-electron chi connectivity index (χ3n) is 2.52. The molecule has 1 aromatic heterocycles. The lowest BCUT2D eigenvalue weighted by atomic mass is 10.1. The monoisotopic (exact) mass is 309 g/mol. The van der Waals surface area contributed by atoms with Crippen molar-refractivity contribution in [2.75, 3.05) is 5.32 Å². The van der Waals surface area contributed by atoms with Gasteiger partial charge in [-0.15, -0.1) is 0 Å². The van der Waals surface area contributed by atoms with E-state index < -0.39 is 5.97 Å². The summed E-state index contributed by atoms with van der Waals surface area (Å²) in [5.41, 5.74) is 2.03. The normalized spacial score (nSPS) is 10.3. The number of carboxylic acids is 1. The van der Waals surface area contributed by atoms with Gasteiger partial charge in [-0.3, -0.25) is 0 Å². The number of aryl methyl sites for hydroxylation is 1. The Hall–Kier alpha value is -1.75. The number of hydrogen-bond donors (Lipinski definition) is 2. The summed E-state index contributed by atoms with van der Waals surface area (Å²) >= 11 is 3.42. The summed E-state index contributed by atoms with van der Waals surface area (Å²) in [5.74, 6) is -0.730. The summed E-state index contributed by atoms with van der Waals surface area (Å²) in [5, 5.41) is 11.8. The molecular weight excluding hydrogens is 298 g/mol. The first-order chi connectivity index (χ1) is 8.60. The van der Waals surface area contributed by atoms with Gasteiger partial charge in [-0.25, -0.2) is 4.79 Å². The number of hydrogen-bond acceptors (Lipinski definition) is 3. The van der Waals surface area contributed by atoms with E-state index in [1.165, 1.54) is 6.07 Å². The molecule has 1 aromatic carbocycles. The molecule has 0 aliphatic heterocycles. The van der Waals surface area contributed by atoms with Gasteiger partial charge in [0.25, 0.3) is 0 Å². The van der Waals surface area contributed by atoms with Gasteiger partial charge in [-0.2, -0.15) is 0 Å². The number of furan rings is 1. The zero-order chi connectivity index (χ0) is 13.1. The molecule has 0 amide bonds. The van der Waals surface area contributed by atoms with Crippen LogP contribution in [-0.4, -0.2) is 11.1 Å². The fourth-order valence-corrected chi connectivity index (χ4v) is 2.04. The summed E-state index contributed by atoms with van der Waals surface area (Å²) in [6.45, 7) is 2.05. The lowest BCUT2D eigenvalue weighted by Crippen LogP contribution is -1.95. The first-order valence-corrected chi connectivity index (χ1v) is 6.28. The quantitative estimate of drug-likeness (QED) is 0.894. The average molecular weight is 310 g/mol. The topological polar surface area (TPSA) is 62.5 Å². The third kappa shape index (κ3) is 2.73. The fraction of sp³-hybridized carbons (Fsp3) is 0.154. The van der Waals surface area contributed by atoms with Gasteiger partial charge in [0.15, 0.2) is 5.88 Å². The molecule has 2 rings (SSSR count). The van der Waals surface area contributed by atoms with Crippen molar-refractivity contribution in [3.63, 3.8) is 0 Å². The van der Waals surface area contributed by atoms with E-state index in [1.807, 2.05) is 18.2 Å². The van der Waals surface area contributed by atoms with Crippen molar-refractivity contribution >= 4 is 33.5 Å². The van der Waals surface area contributed by atoms with Crippen LogP contribution in [0.5, 0.6) is 0 Å². The molecule has 0 fully saturated rings. The highest BCUT2D eigenvalue weighted by molar-refractivity contribution is 9.10. The first-order valence-electron chi connectivity index (χ1n) is 5.48. The maximum absolute atomic E-state index is 10.7. The molecule has 2 aromatic rings. The van der Waals surface area contributed by atoms with Gasteiger partial charge in [-0.1, -0.05) is 22.9 Å². The van der Waals surface area contributed by atoms with E-state index in [2.05, 4.69) is 28.2 Å². The Morgan fingerprint density at radius 3 is 2.78 bits per heavy atom. The third-order valence-corrected chi connectivity index (χ3v) is 3.02. The Kier molecular flexibility index (Phi) is 3.72. The van der Waals surface area contributed by atoms with E-state index in [0.717, 1.165) is 22.1 Å². The number of aromatic carboxylic acids is 1. The maximum atomic E-state index is 10.7. The summed E-state index contributed by atoms with van der Waals surface area (Å²) < 4.78 is 6.17. The molecule has 5 heteroatoms. The number of carboxylic acid groups (broad SMARTS) is 1. The van der Waals surface area contributed by atoms with Crippen LogP contribution in [-0.2, 0) is 6.42 Å². The van der Waals surface area contributed by atoms with Crippen LogP contribution in [0.15, 0.2) is 39.2 Å². The van der Waals surface area contributed by atoms with Crippen molar-refractivity contribution in [1.29, 1.82) is 0 Å². The number of halogens is 1. The highest BCUT2D eigenvalue weighted by atomic mass is 79.9. The molecule has 0 unspecified atom stereocenters. The van der Waals surface area contributed by atoms with Crippen LogP contribution in [0.3, 0.4) is 0 Å². The van der Waals surface area contributed by atoms with Crippen LogP contribution >= 0.6 is 15.9 Å². The van der Waals surface area contributed by atoms with E-state index in [-0.39, 0.29) is 5.76 Å². The van der Waals surface area contributed by atoms with Gasteiger partial charge < -0.3 is 14.8 Å². The Labute approximate surface area is 113 Å². The Balaban J connectivity index is 2.25. The van der Waals surface area contributed by atoms with Crippen molar-refractivity contribution in [3.05, 3.63) is 46.1 Å². The van der Waals surface area contributed by atoms with Crippen LogP contribution in [0.4, 0.5) is 11.6 Å². The summed E-state index contributed by atoms with van der Waals surface area (Å²) in [6.07, 6.45) is 0.869. The smallest absolute Gasteiger partial charge is 0.371 e. The molecule has 4 nitrogen and oxygen atoms in total. The number of benzene rings is 1. The predicted molar refractivity (Wildman–Crippen MR) is 72.5 cm³/mol. The van der Waals surface area contributed by atoms with E-state index in [9.17, 15) is 4.79 Å². The second kappa shape index (κ2) is 5.27. The molecule has 0 saturated heterocycles. The van der Waals surface area contributed by atoms with Gasteiger partial charge in [0.2, 0.25) is 5.76 Å². The summed E-state index contributed by atoms with van der Waals surface area (Å²) in [6, 6.07) is 8.89. The second-order valence-electron chi connectivity index (χ2n) is 3.75. The standard InChI is InChI=1S/C13H12BrNO3/c1-2-8-7-9(14)3-4-10(8)15-12-6-5-11(18-12)13(16)17/h3-7,15H,2H2,1H3,(H,16,17). The van der Waals surface area contributed by atoms with Crippen molar-refractivity contribution in [1.82, 2.24) is 0 Å². The molecule has 0 atom stereocenters. The number of nitrogens with one attached hydrogen (secondary N) is 1. The minimum absolute atomic E-state index is 0.0762. The molecule has 0 bridgehead atoms. The highest BCUT2D eigenvalue weighted by Crippen LogP contribution is 2.26. The molecule has 0 spiro atoms. The van der Waals surface area contributed by atoms with Crippen LogP contribution in [0.2, 0.25) is 0 Å². The van der Waals surface area contributed by atoms with E-state index in [1.54, 1.807) is 6.07 Å². The van der Waals surface area contributed by atoms with Crippen LogP contribution in [0, 0.1) is 0 Å². The lowest BCUT2D eigenvalue weighted by Gasteiger charge is -2.09. The molecule has 2 N–H and O–H groups in total. The zero-order valence-corrected chi connectivity index (χ0v) is 11.3. The second-order valence-corrected chi connectivity index (χ2v) is 4.66. The molecule has 1 heterocycles. The predicted octanol–water partition coefficient (Wildman–Crippen LogP) is 4.05. The van der Waals surface area contributed by atoms with Gasteiger partial charge >= 0.3 is 5.97 Å². The summed E-state index contributed by atoms with van der Waals surface area (Å²) in [4.78, 5) is 10.7. The molecule has 0 aliphatic rings. The van der Waals surface area contributed by atoms with Gasteiger partial charge in [0.05, 0.1) is 0 Å². The minimum atomic E-state index is -1.07. The highest BCUT2D eigenvalue weighted by Gasteiger charge is 2.10. The van der Waals surface area contributed by atoms with Gasteiger partial charge in [-0.05, 0) is 36.2 Å². The summed E-state index contributed by atoms with van der Waals surface area (Å²) in [7, 11) is 0. The van der Waals surface area contributed by atoms with E-state index >= 15 is 0 Å². The number of anilines is 2. The largest absolute Gasteiger partial charge is 0.475 e. The van der Waals surface area contributed by atoms with Crippen LogP contribution in [0.1, 0.15) is 23.0 Å². The molecule has 18 heavy (non-hydrogen) atoms. The van der Waals surface area contributed by atoms with Crippen LogP contribution < -0.4 is 5.32 Å². The Morgan fingerprint density at radius 1 is 1.39 bits per heavy atom. The fourth-order valence-electron chi connectivity index (χ4n) is 1.63. The van der Waals surface area contributed by atoms with E-state index in [4.69, 9.17) is 9.52 Å². The van der Waals surface area contributed by atoms with Crippen molar-refractivity contribution < 1.29 is 14.3 Å². The Morgan fingerprint density at radius 2 is 2.17 bits per heavy atom. The van der Waals surface area contributed by atoms with Gasteiger partial charge in [0.1, 0.15) is 0 Å². The number of rotatable bonds is 4. The van der Waals surface area contributed by atoms with E-state index in [0.29, 0.717) is 5.88 Å². The molecule has 94 valence electrons. The molecule has 0 aliphatic carbocycles. The van der Waals surface area contributed by atoms with Gasteiger partial charge in [0, 0.05) is 16.2 Å². The van der Waals surface area contributed by atoms with Crippen molar-refractivity contribution in [2.45, 2.75) is 13.3 Å². The molecular formula is C13H12BrNO3. The maximum Gasteiger partial charge on any atom is 0.371 e. The zero-order valence-electron chi connectivity index (χ0n) is 9.74. The Bertz CT molecular complexity index is 577. The number of carbonyl (C=O) groups is 1. The van der Waals surface area contributed by atoms with Crippen molar-refractivity contribution in [3.8, 4) is 0 Å². The van der Waals surface area contributed by atoms with Crippen LogP contribution in [0.25, 0.3) is 0 Å². The lowest BCUT2D eigenvalue weighted by molar-refractivity contribution is 0.0663. The average Bonchev–Trinajstić information content (AvgIpc) is 2.80. The minimum Gasteiger partial charge on any atom is -0.475 e. The SMILES string of the molecule is CCc1cc(Br)ccc1Nc1ccc(C(=O)O)o1. The molecule has 0 saturated carbocycles. The first kappa shape index (κ1) is 12.7. The molecule has 0 radical (unpaired) electrons.